The molecule has 0 aliphatic carbocycles. The zero-order valence-electron chi connectivity index (χ0n) is 7.55. The molecule has 0 bridgehead atoms. The second-order valence-corrected chi connectivity index (χ2v) is 2.77. The van der Waals surface area contributed by atoms with Gasteiger partial charge >= 0.3 is 0 Å². The largest absolute Gasteiger partial charge is 0.343 e. The predicted octanol–water partition coefficient (Wildman–Crippen LogP) is 0.754. The molecule has 0 aliphatic rings. The van der Waals surface area contributed by atoms with Gasteiger partial charge in [-0.2, -0.15) is 4.98 Å². The molecule has 0 aliphatic heterocycles. The van der Waals surface area contributed by atoms with E-state index in [1.54, 1.807) is 6.20 Å². The average molecular weight is 190 g/mol. The number of aromatic nitrogens is 3. The van der Waals surface area contributed by atoms with Crippen LogP contribution in [0, 0.1) is 0 Å². The molecule has 2 aromatic heterocycles. The number of hydrogen-bond donors (Lipinski definition) is 1. The van der Waals surface area contributed by atoms with Crippen molar-refractivity contribution in [2.45, 2.75) is 13.1 Å². The van der Waals surface area contributed by atoms with Gasteiger partial charge in [0, 0.05) is 12.7 Å². The molecule has 14 heavy (non-hydrogen) atoms. The Balaban J connectivity index is 1.79. The summed E-state index contributed by atoms with van der Waals surface area (Å²) in [6.07, 6.45) is 3.09. The maximum absolute atomic E-state index is 4.60. The third-order valence-corrected chi connectivity index (χ3v) is 1.72. The van der Waals surface area contributed by atoms with Gasteiger partial charge in [-0.25, -0.2) is 0 Å². The molecule has 2 rings (SSSR count). The molecule has 0 fully saturated rings. The maximum Gasteiger partial charge on any atom is 0.213 e. The van der Waals surface area contributed by atoms with Crippen LogP contribution in [0.15, 0.2) is 35.3 Å². The van der Waals surface area contributed by atoms with Gasteiger partial charge in [-0.15, -0.1) is 0 Å². The number of nitrogens with zero attached hydrogens (tertiary/aromatic N) is 3. The second-order valence-electron chi connectivity index (χ2n) is 2.77. The fourth-order valence-electron chi connectivity index (χ4n) is 1.08. The lowest BCUT2D eigenvalue weighted by atomic mass is 10.3. The van der Waals surface area contributed by atoms with E-state index >= 15 is 0 Å². The normalized spacial score (nSPS) is 10.3. The summed E-state index contributed by atoms with van der Waals surface area (Å²) in [5, 5.41) is 6.83. The molecule has 0 saturated carbocycles. The van der Waals surface area contributed by atoms with Crippen molar-refractivity contribution in [3.8, 4) is 0 Å². The van der Waals surface area contributed by atoms with Crippen LogP contribution >= 0.6 is 0 Å². The Morgan fingerprint density at radius 2 is 2.21 bits per heavy atom. The summed E-state index contributed by atoms with van der Waals surface area (Å²) in [6.45, 7) is 1.29. The molecule has 2 heterocycles. The molecule has 5 heteroatoms. The molecule has 0 radical (unpaired) electrons. The average Bonchev–Trinajstić information content (AvgIpc) is 2.72. The third kappa shape index (κ3) is 2.37. The lowest BCUT2D eigenvalue weighted by Crippen LogP contribution is -2.14. The first kappa shape index (κ1) is 8.83. The Morgan fingerprint density at radius 1 is 1.21 bits per heavy atom. The van der Waals surface area contributed by atoms with E-state index in [1.807, 2.05) is 18.2 Å². The molecule has 0 atom stereocenters. The topological polar surface area (TPSA) is 63.8 Å². The SMILES string of the molecule is c1ccc(CNCc2ncon2)nc1. The molecule has 0 unspecified atom stereocenters. The first-order valence-corrected chi connectivity index (χ1v) is 4.31. The summed E-state index contributed by atoms with van der Waals surface area (Å²) in [5.74, 6) is 0.654. The quantitative estimate of drug-likeness (QED) is 0.770. The molecule has 1 N–H and O–H groups in total. The number of rotatable bonds is 4. The van der Waals surface area contributed by atoms with E-state index in [1.165, 1.54) is 6.39 Å². The Labute approximate surface area is 81.2 Å². The highest BCUT2D eigenvalue weighted by Crippen LogP contribution is 1.93. The van der Waals surface area contributed by atoms with Gasteiger partial charge in [0.25, 0.3) is 0 Å². The van der Waals surface area contributed by atoms with Crippen molar-refractivity contribution in [2.75, 3.05) is 0 Å². The fourth-order valence-corrected chi connectivity index (χ4v) is 1.08. The van der Waals surface area contributed by atoms with E-state index in [2.05, 4.69) is 25.0 Å². The summed E-state index contributed by atoms with van der Waals surface area (Å²) in [4.78, 5) is 8.06. The number of nitrogens with one attached hydrogen (secondary N) is 1. The molecule has 72 valence electrons. The van der Waals surface area contributed by atoms with Crippen molar-refractivity contribution in [3.05, 3.63) is 42.3 Å². The summed E-state index contributed by atoms with van der Waals surface area (Å²) >= 11 is 0. The minimum atomic E-state index is 0.590. The van der Waals surface area contributed by atoms with Gasteiger partial charge in [0.2, 0.25) is 6.39 Å². The van der Waals surface area contributed by atoms with Crippen LogP contribution < -0.4 is 5.32 Å². The zero-order chi connectivity index (χ0) is 9.64. The summed E-state index contributed by atoms with van der Waals surface area (Å²) in [5.41, 5.74) is 0.996. The minimum absolute atomic E-state index is 0.590. The van der Waals surface area contributed by atoms with Crippen LogP contribution in [0.4, 0.5) is 0 Å². The Hall–Kier alpha value is -1.75. The van der Waals surface area contributed by atoms with Crippen LogP contribution in [0.5, 0.6) is 0 Å². The Kier molecular flexibility index (Phi) is 2.82. The van der Waals surface area contributed by atoms with Crippen LogP contribution in [0.3, 0.4) is 0 Å². The fraction of sp³-hybridized carbons (Fsp3) is 0.222. The molecule has 5 nitrogen and oxygen atoms in total. The van der Waals surface area contributed by atoms with Crippen LogP contribution in [0.1, 0.15) is 11.5 Å². The molecular formula is C9H10N4O. The van der Waals surface area contributed by atoms with Crippen LogP contribution in [-0.4, -0.2) is 15.1 Å². The molecule has 2 aromatic rings. The van der Waals surface area contributed by atoms with E-state index in [9.17, 15) is 0 Å². The van der Waals surface area contributed by atoms with E-state index in [0.29, 0.717) is 18.9 Å². The second kappa shape index (κ2) is 4.48. The van der Waals surface area contributed by atoms with Gasteiger partial charge in [-0.05, 0) is 12.1 Å². The summed E-state index contributed by atoms with van der Waals surface area (Å²) in [6, 6.07) is 5.81. The zero-order valence-corrected chi connectivity index (χ0v) is 7.55. The van der Waals surface area contributed by atoms with Crippen molar-refractivity contribution >= 4 is 0 Å². The molecule has 0 aromatic carbocycles. The summed E-state index contributed by atoms with van der Waals surface area (Å²) in [7, 11) is 0. The Morgan fingerprint density at radius 3 is 2.93 bits per heavy atom. The standard InChI is InChI=1S/C9H10N4O/c1-2-4-11-8(3-1)5-10-6-9-12-7-14-13-9/h1-4,7,10H,5-6H2. The third-order valence-electron chi connectivity index (χ3n) is 1.72. The lowest BCUT2D eigenvalue weighted by molar-refractivity contribution is 0.407. The van der Waals surface area contributed by atoms with Crippen LogP contribution in [0.2, 0.25) is 0 Å². The van der Waals surface area contributed by atoms with Crippen LogP contribution in [-0.2, 0) is 13.1 Å². The highest BCUT2D eigenvalue weighted by molar-refractivity contribution is 5.02. The van der Waals surface area contributed by atoms with Gasteiger partial charge in [0.15, 0.2) is 5.82 Å². The van der Waals surface area contributed by atoms with Crippen molar-refractivity contribution < 1.29 is 4.52 Å². The van der Waals surface area contributed by atoms with Gasteiger partial charge in [0.05, 0.1) is 12.2 Å². The number of hydrogen-bond acceptors (Lipinski definition) is 5. The molecule has 0 amide bonds. The van der Waals surface area contributed by atoms with Crippen LogP contribution in [0.25, 0.3) is 0 Å². The monoisotopic (exact) mass is 190 g/mol. The highest BCUT2D eigenvalue weighted by atomic mass is 16.5. The first-order valence-electron chi connectivity index (χ1n) is 4.31. The Bertz CT molecular complexity index is 360. The van der Waals surface area contributed by atoms with Gasteiger partial charge in [0.1, 0.15) is 0 Å². The predicted molar refractivity (Wildman–Crippen MR) is 49.1 cm³/mol. The maximum atomic E-state index is 4.60. The summed E-state index contributed by atoms with van der Waals surface area (Å²) < 4.78 is 4.60. The van der Waals surface area contributed by atoms with Crippen molar-refractivity contribution in [1.82, 2.24) is 20.4 Å². The van der Waals surface area contributed by atoms with Crippen molar-refractivity contribution in [3.63, 3.8) is 0 Å². The minimum Gasteiger partial charge on any atom is -0.343 e. The van der Waals surface area contributed by atoms with Gasteiger partial charge < -0.3 is 9.84 Å². The molecule has 0 saturated heterocycles. The molecule has 0 spiro atoms. The molecular weight excluding hydrogens is 180 g/mol. The lowest BCUT2D eigenvalue weighted by Gasteiger charge is -1.99. The van der Waals surface area contributed by atoms with Crippen molar-refractivity contribution in [2.24, 2.45) is 0 Å². The highest BCUT2D eigenvalue weighted by Gasteiger charge is 1.97. The van der Waals surface area contributed by atoms with E-state index in [4.69, 9.17) is 0 Å². The van der Waals surface area contributed by atoms with E-state index in [-0.39, 0.29) is 0 Å². The van der Waals surface area contributed by atoms with E-state index < -0.39 is 0 Å². The van der Waals surface area contributed by atoms with Gasteiger partial charge in [-0.3, -0.25) is 4.98 Å². The van der Waals surface area contributed by atoms with Crippen molar-refractivity contribution in [1.29, 1.82) is 0 Å². The first-order chi connectivity index (χ1) is 6.95. The van der Waals surface area contributed by atoms with E-state index in [0.717, 1.165) is 5.69 Å². The number of pyridine rings is 1. The van der Waals surface area contributed by atoms with Gasteiger partial charge in [-0.1, -0.05) is 11.2 Å². The smallest absolute Gasteiger partial charge is 0.213 e.